The van der Waals surface area contributed by atoms with Crippen LogP contribution in [-0.2, 0) is 0 Å². The third-order valence-electron chi connectivity index (χ3n) is 3.81. The van der Waals surface area contributed by atoms with Crippen LogP contribution in [0, 0.1) is 11.7 Å². The van der Waals surface area contributed by atoms with Gasteiger partial charge in [0, 0.05) is 5.69 Å². The molecule has 1 unspecified atom stereocenters. The van der Waals surface area contributed by atoms with E-state index in [1.807, 2.05) is 18.2 Å². The summed E-state index contributed by atoms with van der Waals surface area (Å²) in [6.07, 6.45) is 2.35. The SMILES string of the molecule is NC(=O)c1cc(NC(c2ccccc2)C2CC2)ccc1F. The monoisotopic (exact) mass is 284 g/mol. The number of benzene rings is 2. The first-order valence-corrected chi connectivity index (χ1v) is 7.06. The van der Waals surface area contributed by atoms with Crippen molar-refractivity contribution in [3.63, 3.8) is 0 Å². The number of hydrogen-bond acceptors (Lipinski definition) is 2. The molecule has 3 rings (SSSR count). The lowest BCUT2D eigenvalue weighted by atomic mass is 10.0. The molecule has 2 aromatic rings. The highest BCUT2D eigenvalue weighted by atomic mass is 19.1. The fourth-order valence-corrected chi connectivity index (χ4v) is 2.55. The van der Waals surface area contributed by atoms with Crippen molar-refractivity contribution in [2.24, 2.45) is 11.7 Å². The van der Waals surface area contributed by atoms with Crippen LogP contribution in [0.3, 0.4) is 0 Å². The first-order valence-electron chi connectivity index (χ1n) is 7.06. The molecule has 0 heterocycles. The number of halogens is 1. The molecule has 2 aromatic carbocycles. The van der Waals surface area contributed by atoms with Crippen LogP contribution in [0.5, 0.6) is 0 Å². The summed E-state index contributed by atoms with van der Waals surface area (Å²) in [4.78, 5) is 11.2. The lowest BCUT2D eigenvalue weighted by Gasteiger charge is -2.20. The highest BCUT2D eigenvalue weighted by Crippen LogP contribution is 2.42. The second-order valence-electron chi connectivity index (χ2n) is 5.43. The largest absolute Gasteiger partial charge is 0.378 e. The molecule has 0 bridgehead atoms. The van der Waals surface area contributed by atoms with Crippen LogP contribution >= 0.6 is 0 Å². The van der Waals surface area contributed by atoms with Crippen LogP contribution in [0.15, 0.2) is 48.5 Å². The summed E-state index contributed by atoms with van der Waals surface area (Å²) in [6, 6.07) is 14.7. The molecule has 0 aromatic heterocycles. The zero-order valence-corrected chi connectivity index (χ0v) is 11.6. The van der Waals surface area contributed by atoms with Gasteiger partial charge in [-0.2, -0.15) is 0 Å². The highest BCUT2D eigenvalue weighted by Gasteiger charge is 2.32. The van der Waals surface area contributed by atoms with Gasteiger partial charge in [-0.05, 0) is 42.5 Å². The fourth-order valence-electron chi connectivity index (χ4n) is 2.55. The Balaban J connectivity index is 1.87. The molecule has 1 fully saturated rings. The highest BCUT2D eigenvalue weighted by molar-refractivity contribution is 5.94. The number of amides is 1. The molecule has 4 heteroatoms. The van der Waals surface area contributed by atoms with Gasteiger partial charge in [-0.3, -0.25) is 4.79 Å². The fraction of sp³-hybridized carbons (Fsp3) is 0.235. The van der Waals surface area contributed by atoms with Crippen molar-refractivity contribution in [3.05, 3.63) is 65.5 Å². The molecule has 3 N–H and O–H groups in total. The van der Waals surface area contributed by atoms with Gasteiger partial charge < -0.3 is 11.1 Å². The Morgan fingerprint density at radius 2 is 1.90 bits per heavy atom. The summed E-state index contributed by atoms with van der Waals surface area (Å²) in [7, 11) is 0. The van der Waals surface area contributed by atoms with E-state index >= 15 is 0 Å². The Hall–Kier alpha value is -2.36. The van der Waals surface area contributed by atoms with Crippen molar-refractivity contribution in [2.45, 2.75) is 18.9 Å². The maximum absolute atomic E-state index is 13.5. The molecule has 0 spiro atoms. The van der Waals surface area contributed by atoms with Crippen molar-refractivity contribution in [1.29, 1.82) is 0 Å². The van der Waals surface area contributed by atoms with Crippen LogP contribution in [0.1, 0.15) is 34.8 Å². The maximum atomic E-state index is 13.5. The molecule has 1 aliphatic rings. The summed E-state index contributed by atoms with van der Waals surface area (Å²) >= 11 is 0. The molecule has 0 saturated heterocycles. The van der Waals surface area contributed by atoms with E-state index in [4.69, 9.17) is 5.73 Å². The Kier molecular flexibility index (Phi) is 3.60. The third-order valence-corrected chi connectivity index (χ3v) is 3.81. The van der Waals surface area contributed by atoms with E-state index < -0.39 is 11.7 Å². The van der Waals surface area contributed by atoms with E-state index in [0.29, 0.717) is 11.6 Å². The third kappa shape index (κ3) is 3.05. The molecule has 1 aliphatic carbocycles. The molecule has 108 valence electrons. The number of nitrogens with two attached hydrogens (primary N) is 1. The number of nitrogens with one attached hydrogen (secondary N) is 1. The molecule has 0 aliphatic heterocycles. The van der Waals surface area contributed by atoms with Crippen LogP contribution in [0.4, 0.5) is 10.1 Å². The van der Waals surface area contributed by atoms with E-state index in [9.17, 15) is 9.18 Å². The summed E-state index contributed by atoms with van der Waals surface area (Å²) in [5.74, 6) is -0.760. The average molecular weight is 284 g/mol. The normalized spacial score (nSPS) is 15.5. The second kappa shape index (κ2) is 5.56. The summed E-state index contributed by atoms with van der Waals surface area (Å²) in [6.45, 7) is 0. The molecule has 1 saturated carbocycles. The van der Waals surface area contributed by atoms with Crippen LogP contribution in [0.2, 0.25) is 0 Å². The maximum Gasteiger partial charge on any atom is 0.251 e. The number of carbonyl (C=O) groups excluding carboxylic acids is 1. The Labute approximate surface area is 123 Å². The number of rotatable bonds is 5. The topological polar surface area (TPSA) is 55.1 Å². The van der Waals surface area contributed by atoms with Gasteiger partial charge in [0.15, 0.2) is 0 Å². The molecule has 0 radical (unpaired) electrons. The number of anilines is 1. The van der Waals surface area contributed by atoms with E-state index in [-0.39, 0.29) is 11.6 Å². The molecular formula is C17H17FN2O. The van der Waals surface area contributed by atoms with Gasteiger partial charge in [0.05, 0.1) is 11.6 Å². The van der Waals surface area contributed by atoms with Gasteiger partial charge in [-0.15, -0.1) is 0 Å². The zero-order chi connectivity index (χ0) is 14.8. The summed E-state index contributed by atoms with van der Waals surface area (Å²) in [5.41, 5.74) is 7.02. The van der Waals surface area contributed by atoms with Crippen LogP contribution < -0.4 is 11.1 Å². The van der Waals surface area contributed by atoms with E-state index in [2.05, 4.69) is 17.4 Å². The second-order valence-corrected chi connectivity index (χ2v) is 5.43. The van der Waals surface area contributed by atoms with E-state index in [1.54, 1.807) is 6.07 Å². The quantitative estimate of drug-likeness (QED) is 0.883. The Morgan fingerprint density at radius 1 is 1.19 bits per heavy atom. The molecule has 1 amide bonds. The van der Waals surface area contributed by atoms with E-state index in [0.717, 1.165) is 0 Å². The molecule has 1 atom stereocenters. The number of primary amides is 1. The van der Waals surface area contributed by atoms with Gasteiger partial charge in [0.25, 0.3) is 5.91 Å². The Bertz CT molecular complexity index is 653. The van der Waals surface area contributed by atoms with Gasteiger partial charge in [0.1, 0.15) is 5.82 Å². The Morgan fingerprint density at radius 3 is 2.52 bits per heavy atom. The van der Waals surface area contributed by atoms with Crippen molar-refractivity contribution >= 4 is 11.6 Å². The number of hydrogen-bond donors (Lipinski definition) is 2. The zero-order valence-electron chi connectivity index (χ0n) is 11.6. The molecule has 3 nitrogen and oxygen atoms in total. The van der Waals surface area contributed by atoms with Gasteiger partial charge in [0.2, 0.25) is 0 Å². The van der Waals surface area contributed by atoms with Gasteiger partial charge in [-0.25, -0.2) is 4.39 Å². The predicted octanol–water partition coefficient (Wildman–Crippen LogP) is 3.49. The van der Waals surface area contributed by atoms with E-state index in [1.165, 1.54) is 30.5 Å². The van der Waals surface area contributed by atoms with Crippen LogP contribution in [-0.4, -0.2) is 5.91 Å². The minimum Gasteiger partial charge on any atom is -0.378 e. The molecule has 21 heavy (non-hydrogen) atoms. The van der Waals surface area contributed by atoms with Crippen molar-refractivity contribution in [2.75, 3.05) is 5.32 Å². The van der Waals surface area contributed by atoms with Gasteiger partial charge >= 0.3 is 0 Å². The lowest BCUT2D eigenvalue weighted by Crippen LogP contribution is -2.16. The standard InChI is InChI=1S/C17H17FN2O/c18-15-9-8-13(10-14(15)17(19)21)20-16(12-6-7-12)11-4-2-1-3-5-11/h1-5,8-10,12,16,20H,6-7H2,(H2,19,21). The number of carbonyl (C=O) groups is 1. The minimum absolute atomic E-state index is 0.0809. The van der Waals surface area contributed by atoms with Crippen molar-refractivity contribution in [3.8, 4) is 0 Å². The molecular weight excluding hydrogens is 267 g/mol. The smallest absolute Gasteiger partial charge is 0.251 e. The van der Waals surface area contributed by atoms with Crippen LogP contribution in [0.25, 0.3) is 0 Å². The summed E-state index contributed by atoms with van der Waals surface area (Å²) in [5, 5.41) is 3.41. The first-order chi connectivity index (χ1) is 10.1. The minimum atomic E-state index is -0.751. The summed E-state index contributed by atoms with van der Waals surface area (Å²) < 4.78 is 13.5. The average Bonchev–Trinajstić information content (AvgIpc) is 3.31. The predicted molar refractivity (Wildman–Crippen MR) is 80.4 cm³/mol. The van der Waals surface area contributed by atoms with Gasteiger partial charge in [-0.1, -0.05) is 30.3 Å². The van der Waals surface area contributed by atoms with Crippen molar-refractivity contribution < 1.29 is 9.18 Å². The lowest BCUT2D eigenvalue weighted by molar-refractivity contribution is 0.0996. The first kappa shape index (κ1) is 13.6. The van der Waals surface area contributed by atoms with Crippen molar-refractivity contribution in [1.82, 2.24) is 0 Å².